The van der Waals surface area contributed by atoms with Gasteiger partial charge in [-0.1, -0.05) is 352 Å². The highest BCUT2D eigenvalue weighted by Gasteiger charge is 2.54. The number of para-hydroxylation sites is 4. The van der Waals surface area contributed by atoms with Crippen LogP contribution in [0.1, 0.15) is 55.6 Å². The van der Waals surface area contributed by atoms with Gasteiger partial charge in [0.05, 0.1) is 45.2 Å². The van der Waals surface area contributed by atoms with E-state index in [4.69, 9.17) is 39.4 Å². The van der Waals surface area contributed by atoms with E-state index in [9.17, 15) is 10.5 Å². The maximum atomic E-state index is 9.48. The first kappa shape index (κ1) is 70.2. The van der Waals surface area contributed by atoms with Crippen LogP contribution in [0.25, 0.3) is 146 Å². The molecule has 10 nitrogen and oxygen atoms in total. The molecule has 2 unspecified atom stereocenters. The van der Waals surface area contributed by atoms with E-state index < -0.39 is 10.8 Å². The first-order chi connectivity index (χ1) is 59.4. The van der Waals surface area contributed by atoms with Crippen molar-refractivity contribution in [1.29, 1.82) is 10.5 Å². The normalized spacial score (nSPS) is 14.3. The maximum absolute atomic E-state index is 9.48. The van der Waals surface area contributed by atoms with Crippen molar-refractivity contribution in [2.75, 3.05) is 0 Å². The second-order valence-corrected chi connectivity index (χ2v) is 30.3. The molecule has 2 aliphatic heterocycles. The third-order valence-electron chi connectivity index (χ3n) is 23.9. The van der Waals surface area contributed by atoms with Gasteiger partial charge in [-0.3, -0.25) is 0 Å². The van der Waals surface area contributed by atoms with Crippen molar-refractivity contribution < 1.29 is 9.47 Å². The number of aromatic nitrogens is 6. The lowest BCUT2D eigenvalue weighted by Gasteiger charge is -2.40. The lowest BCUT2D eigenvalue weighted by molar-refractivity contribution is 0.437. The fourth-order valence-corrected chi connectivity index (χ4v) is 18.7. The Balaban J connectivity index is 0.000000144. The zero-order valence-electron chi connectivity index (χ0n) is 64.5. The van der Waals surface area contributed by atoms with E-state index in [0.29, 0.717) is 46.1 Å². The first-order valence-electron chi connectivity index (χ1n) is 40.1. The Morgan fingerprint density at radius 2 is 0.483 bits per heavy atom. The van der Waals surface area contributed by atoms with Gasteiger partial charge in [-0.25, -0.2) is 29.9 Å². The lowest BCUT2D eigenvalue weighted by Crippen LogP contribution is -2.32. The number of benzene rings is 17. The molecule has 2 aliphatic carbocycles. The van der Waals surface area contributed by atoms with Gasteiger partial charge >= 0.3 is 0 Å². The molecule has 4 heterocycles. The summed E-state index contributed by atoms with van der Waals surface area (Å²) in [6.07, 6.45) is 0. The van der Waals surface area contributed by atoms with Crippen LogP contribution in [0.3, 0.4) is 0 Å². The Labute approximate surface area is 693 Å². The molecule has 19 aromatic rings. The summed E-state index contributed by atoms with van der Waals surface area (Å²) in [5, 5.41) is 21.1. The summed E-state index contributed by atoms with van der Waals surface area (Å²) < 4.78 is 14.1. The van der Waals surface area contributed by atoms with Crippen molar-refractivity contribution in [3.63, 3.8) is 0 Å². The lowest BCUT2D eigenvalue weighted by atomic mass is 9.65. The predicted octanol–water partition coefficient (Wildman–Crippen LogP) is 26.2. The minimum absolute atomic E-state index is 0.540. The van der Waals surface area contributed by atoms with Gasteiger partial charge in [-0.15, -0.1) is 0 Å². The average molecular weight is 1530 g/mol. The average Bonchev–Trinajstić information content (AvgIpc) is 1.49. The van der Waals surface area contributed by atoms with Gasteiger partial charge in [0.15, 0.2) is 34.9 Å². The zero-order valence-corrected chi connectivity index (χ0v) is 64.5. The number of hydrogen-bond acceptors (Lipinski definition) is 10. The van der Waals surface area contributed by atoms with Crippen LogP contribution in [-0.2, 0) is 10.8 Å². The zero-order chi connectivity index (χ0) is 79.8. The molecule has 0 radical (unpaired) electrons. The topological polar surface area (TPSA) is 143 Å². The summed E-state index contributed by atoms with van der Waals surface area (Å²) in [7, 11) is 0. The maximum Gasteiger partial charge on any atom is 0.167 e. The molecule has 0 N–H and O–H groups in total. The summed E-state index contributed by atoms with van der Waals surface area (Å²) in [5.41, 5.74) is 27.9. The van der Waals surface area contributed by atoms with Gasteiger partial charge in [0.1, 0.15) is 23.0 Å². The van der Waals surface area contributed by atoms with E-state index in [1.807, 2.05) is 182 Å². The summed E-state index contributed by atoms with van der Waals surface area (Å²) in [6, 6.07) is 143. The number of ether oxygens (including phenoxy) is 2. The van der Waals surface area contributed by atoms with E-state index in [-0.39, 0.29) is 0 Å². The van der Waals surface area contributed by atoms with Crippen molar-refractivity contribution in [2.24, 2.45) is 0 Å². The quantitative estimate of drug-likeness (QED) is 0.130. The molecule has 2 atom stereocenters. The highest BCUT2D eigenvalue weighted by molar-refractivity contribution is 6.09. The minimum Gasteiger partial charge on any atom is -0.456 e. The minimum atomic E-state index is -0.724. The monoisotopic (exact) mass is 1530 g/mol. The van der Waals surface area contributed by atoms with Gasteiger partial charge < -0.3 is 9.47 Å². The molecular weight excluding hydrogens is 1470 g/mol. The third kappa shape index (κ3) is 11.3. The number of rotatable bonds is 10. The molecule has 558 valence electrons. The van der Waals surface area contributed by atoms with Gasteiger partial charge in [0.2, 0.25) is 0 Å². The second-order valence-electron chi connectivity index (χ2n) is 30.3. The van der Waals surface area contributed by atoms with E-state index in [2.05, 4.69) is 231 Å². The van der Waals surface area contributed by atoms with Crippen LogP contribution >= 0.6 is 0 Å². The fourth-order valence-electron chi connectivity index (χ4n) is 18.7. The van der Waals surface area contributed by atoms with Crippen LogP contribution < -0.4 is 9.47 Å². The Kier molecular flexibility index (Phi) is 16.9. The Morgan fingerprint density at radius 3 is 0.917 bits per heavy atom. The molecular formula is C110H66N8O2. The highest BCUT2D eigenvalue weighted by Crippen LogP contribution is 2.67. The summed E-state index contributed by atoms with van der Waals surface area (Å²) >= 11 is 0. The Morgan fingerprint density at radius 1 is 0.192 bits per heavy atom. The van der Waals surface area contributed by atoms with Crippen LogP contribution in [-0.4, -0.2) is 29.9 Å². The fraction of sp³-hybridized carbons (Fsp3) is 0.0182. The Hall–Kier alpha value is -16.4. The Bertz CT molecular complexity index is 7300. The first-order valence-corrected chi connectivity index (χ1v) is 40.1. The van der Waals surface area contributed by atoms with E-state index in [1.165, 1.54) is 44.5 Å². The predicted molar refractivity (Wildman–Crippen MR) is 476 cm³/mol. The highest BCUT2D eigenvalue weighted by atomic mass is 16.5. The van der Waals surface area contributed by atoms with Gasteiger partial charge in [-0.2, -0.15) is 10.5 Å². The number of fused-ring (bicyclic) bond motifs is 19. The number of nitrogens with zero attached hydrogens (tertiary/aromatic N) is 8. The van der Waals surface area contributed by atoms with Gasteiger partial charge in [-0.05, 0) is 148 Å². The van der Waals surface area contributed by atoms with E-state index >= 15 is 0 Å². The molecule has 10 heteroatoms. The third-order valence-corrected chi connectivity index (χ3v) is 23.9. The van der Waals surface area contributed by atoms with Gasteiger partial charge in [0.25, 0.3) is 0 Å². The molecule has 2 aromatic heterocycles. The number of nitriles is 2. The van der Waals surface area contributed by atoms with Gasteiger partial charge in [0, 0.05) is 44.5 Å². The van der Waals surface area contributed by atoms with Crippen LogP contribution in [0.15, 0.2) is 400 Å². The molecule has 23 rings (SSSR count). The molecule has 0 amide bonds. The van der Waals surface area contributed by atoms with Crippen molar-refractivity contribution in [3.8, 4) is 170 Å². The van der Waals surface area contributed by atoms with Crippen molar-refractivity contribution >= 4 is 10.8 Å². The van der Waals surface area contributed by atoms with Crippen LogP contribution in [0.5, 0.6) is 23.0 Å². The van der Waals surface area contributed by atoms with E-state index in [1.54, 1.807) is 0 Å². The number of hydrogen-bond donors (Lipinski definition) is 0. The molecule has 0 bridgehead atoms. The summed E-state index contributed by atoms with van der Waals surface area (Å²) in [4.78, 5) is 30.6. The standard InChI is InChI=1S/C57H34N4O.C53H32N4O/c58-35-36-29-31-37(32-30-36)40-33-34-43(42-20-8-7-19-41(40)42)44-22-13-26-49-52(44)45-21-9-10-24-47(45)57(49)48-25-11-12-28-51(48)62-53-46(23-14-27-50(53)57)56-60-54(38-15-3-1-4-16-38)59-55(61-56)39-17-5-2-6-18-39;54-33-34-25-27-35(28-26-34)36-29-31-37(32-30-36)40-18-11-22-45-48(40)41-17-7-8-20-43(41)53(45)44-21-9-10-24-47(44)58-49-42(19-12-23-46(49)53)52-56-50(38-13-3-1-4-14-38)55-51(57-52)39-15-5-2-6-16-39/h1-34H;1-32H. The summed E-state index contributed by atoms with van der Waals surface area (Å²) in [6.45, 7) is 0. The largest absolute Gasteiger partial charge is 0.456 e. The SMILES string of the molecule is N#Cc1ccc(-c2ccc(-c3cccc4c3-c3ccccc3C43c4ccccc4Oc4c(-c5nc(-c6ccccc6)nc(-c6ccccc6)n5)cccc43)c3ccccc23)cc1.N#Cc1ccc(-c2ccc(-c3cccc4c3-c3ccccc3C43c4ccccc4Oc4c(-c5nc(-c6ccccc6)nc(-c6ccccc6)n5)cccc43)cc2)cc1. The second kappa shape index (κ2) is 28.8. The van der Waals surface area contributed by atoms with Crippen molar-refractivity contribution in [3.05, 3.63) is 456 Å². The molecule has 0 saturated carbocycles. The van der Waals surface area contributed by atoms with Crippen LogP contribution in [0, 0.1) is 22.7 Å². The molecule has 120 heavy (non-hydrogen) atoms. The van der Waals surface area contributed by atoms with Crippen molar-refractivity contribution in [2.45, 2.75) is 10.8 Å². The molecule has 17 aromatic carbocycles. The summed E-state index contributed by atoms with van der Waals surface area (Å²) in [5.74, 6) is 6.50. The van der Waals surface area contributed by atoms with E-state index in [0.717, 1.165) is 134 Å². The van der Waals surface area contributed by atoms with Crippen LogP contribution in [0.4, 0.5) is 0 Å². The van der Waals surface area contributed by atoms with Crippen LogP contribution in [0.2, 0.25) is 0 Å². The smallest absolute Gasteiger partial charge is 0.167 e. The molecule has 2 spiro atoms. The molecule has 4 aliphatic rings. The molecule has 0 fully saturated rings. The van der Waals surface area contributed by atoms with Crippen molar-refractivity contribution in [1.82, 2.24) is 29.9 Å². The molecule has 0 saturated heterocycles.